The molecule has 0 amide bonds. The van der Waals surface area contributed by atoms with Crippen LogP contribution in [0.4, 0.5) is 0 Å². The second kappa shape index (κ2) is 6.79. The van der Waals surface area contributed by atoms with Crippen molar-refractivity contribution in [1.29, 1.82) is 0 Å². The molecule has 1 fully saturated rings. The van der Waals surface area contributed by atoms with Gasteiger partial charge >= 0.3 is 0 Å². The van der Waals surface area contributed by atoms with Crippen LogP contribution in [0.2, 0.25) is 0 Å². The Bertz CT molecular complexity index is 278. The first kappa shape index (κ1) is 18.0. The molecule has 2 atom stereocenters. The molecule has 1 aliphatic rings. The van der Waals surface area contributed by atoms with Gasteiger partial charge in [0.2, 0.25) is 0 Å². The van der Waals surface area contributed by atoms with Gasteiger partial charge in [-0.15, -0.1) is 0 Å². The smallest absolute Gasteiger partial charge is 0.0173 e. The van der Waals surface area contributed by atoms with Crippen molar-refractivity contribution in [2.75, 3.05) is 6.54 Å². The summed E-state index contributed by atoms with van der Waals surface area (Å²) >= 11 is 0. The molecule has 1 saturated heterocycles. The van der Waals surface area contributed by atoms with E-state index in [0.717, 1.165) is 24.7 Å². The lowest BCUT2D eigenvalue weighted by molar-refractivity contribution is -0.0508. The second-order valence-corrected chi connectivity index (χ2v) is 8.34. The lowest BCUT2D eigenvalue weighted by Gasteiger charge is -2.56. The molecule has 120 valence electrons. The molecule has 2 heteroatoms. The molecular weight excluding hydrogens is 244 g/mol. The first-order valence-corrected chi connectivity index (χ1v) is 8.67. The zero-order chi connectivity index (χ0) is 15.6. The van der Waals surface area contributed by atoms with Gasteiger partial charge in [-0.1, -0.05) is 40.0 Å². The number of hydrogen-bond donors (Lipinski definition) is 1. The molecule has 1 rings (SSSR count). The molecular formula is C18H38N2. The molecule has 2 N–H and O–H groups in total. The van der Waals surface area contributed by atoms with E-state index in [1.807, 2.05) is 0 Å². The highest BCUT2D eigenvalue weighted by Gasteiger charge is 2.44. The third-order valence-corrected chi connectivity index (χ3v) is 5.48. The van der Waals surface area contributed by atoms with Crippen molar-refractivity contribution < 1.29 is 0 Å². The summed E-state index contributed by atoms with van der Waals surface area (Å²) in [7, 11) is 0. The van der Waals surface area contributed by atoms with Gasteiger partial charge in [0, 0.05) is 23.7 Å². The van der Waals surface area contributed by atoms with E-state index in [9.17, 15) is 0 Å². The molecule has 0 aromatic heterocycles. The number of likely N-dealkylation sites (tertiary alicyclic amines) is 1. The third kappa shape index (κ3) is 4.21. The largest absolute Gasteiger partial charge is 0.328 e. The van der Waals surface area contributed by atoms with Crippen LogP contribution < -0.4 is 5.73 Å². The van der Waals surface area contributed by atoms with Crippen molar-refractivity contribution in [2.45, 2.75) is 97.7 Å². The van der Waals surface area contributed by atoms with Gasteiger partial charge in [0.1, 0.15) is 0 Å². The van der Waals surface area contributed by atoms with E-state index >= 15 is 0 Å². The van der Waals surface area contributed by atoms with Gasteiger partial charge in [-0.05, 0) is 52.4 Å². The number of piperidine rings is 1. The minimum Gasteiger partial charge on any atom is -0.328 e. The highest BCUT2D eigenvalue weighted by atomic mass is 15.3. The van der Waals surface area contributed by atoms with Gasteiger partial charge in [0.25, 0.3) is 0 Å². The Hall–Kier alpha value is -0.0800. The summed E-state index contributed by atoms with van der Waals surface area (Å²) in [5.74, 6) is 1.63. The standard InChI is InChI=1S/C18H38N2/c1-8-10-14(3)15(9-2)13-20-17(4,5)11-16(19)12-18(20,6)7/h14-16H,8-13,19H2,1-7H3. The molecule has 0 saturated carbocycles. The predicted molar refractivity (Wildman–Crippen MR) is 89.9 cm³/mol. The summed E-state index contributed by atoms with van der Waals surface area (Å²) < 4.78 is 0. The van der Waals surface area contributed by atoms with Crippen LogP contribution in [0.25, 0.3) is 0 Å². The topological polar surface area (TPSA) is 29.3 Å². The fourth-order valence-corrected chi connectivity index (χ4v) is 4.53. The molecule has 2 unspecified atom stereocenters. The molecule has 2 nitrogen and oxygen atoms in total. The Labute approximate surface area is 127 Å². The van der Waals surface area contributed by atoms with Crippen molar-refractivity contribution in [1.82, 2.24) is 4.90 Å². The average molecular weight is 283 g/mol. The van der Waals surface area contributed by atoms with Crippen LogP contribution in [0.5, 0.6) is 0 Å². The van der Waals surface area contributed by atoms with E-state index in [1.165, 1.54) is 25.8 Å². The van der Waals surface area contributed by atoms with Gasteiger partial charge in [0.15, 0.2) is 0 Å². The fourth-order valence-electron chi connectivity index (χ4n) is 4.53. The van der Waals surface area contributed by atoms with Crippen molar-refractivity contribution in [3.05, 3.63) is 0 Å². The maximum atomic E-state index is 6.29. The highest BCUT2D eigenvalue weighted by molar-refractivity contribution is 5.02. The fraction of sp³-hybridized carbons (Fsp3) is 1.00. The Balaban J connectivity index is 2.85. The van der Waals surface area contributed by atoms with Crippen LogP contribution in [0.3, 0.4) is 0 Å². The van der Waals surface area contributed by atoms with Gasteiger partial charge in [0.05, 0.1) is 0 Å². The van der Waals surface area contributed by atoms with E-state index in [1.54, 1.807) is 0 Å². The Morgan fingerprint density at radius 2 is 1.60 bits per heavy atom. The first-order valence-electron chi connectivity index (χ1n) is 8.67. The maximum absolute atomic E-state index is 6.29. The number of rotatable bonds is 6. The monoisotopic (exact) mass is 282 g/mol. The van der Waals surface area contributed by atoms with Crippen LogP contribution in [-0.2, 0) is 0 Å². The normalized spacial score (nSPS) is 26.4. The van der Waals surface area contributed by atoms with Gasteiger partial charge < -0.3 is 5.73 Å². The predicted octanol–water partition coefficient (Wildman–Crippen LogP) is 4.43. The molecule has 1 aliphatic heterocycles. The van der Waals surface area contributed by atoms with Crippen LogP contribution in [0.1, 0.15) is 80.6 Å². The summed E-state index contributed by atoms with van der Waals surface area (Å²) in [6, 6.07) is 0.351. The van der Waals surface area contributed by atoms with Gasteiger partial charge in [-0.2, -0.15) is 0 Å². The summed E-state index contributed by atoms with van der Waals surface area (Å²) in [6.45, 7) is 17.8. The van der Waals surface area contributed by atoms with Crippen molar-refractivity contribution in [3.63, 3.8) is 0 Å². The van der Waals surface area contributed by atoms with E-state index in [4.69, 9.17) is 5.73 Å². The van der Waals surface area contributed by atoms with E-state index in [0.29, 0.717) is 6.04 Å². The number of nitrogens with two attached hydrogens (primary N) is 1. The van der Waals surface area contributed by atoms with Crippen molar-refractivity contribution >= 4 is 0 Å². The van der Waals surface area contributed by atoms with Gasteiger partial charge in [-0.3, -0.25) is 4.90 Å². The third-order valence-electron chi connectivity index (χ3n) is 5.48. The Kier molecular flexibility index (Phi) is 6.10. The Morgan fingerprint density at radius 3 is 2.00 bits per heavy atom. The van der Waals surface area contributed by atoms with Crippen LogP contribution in [0, 0.1) is 11.8 Å². The minimum atomic E-state index is 0.223. The molecule has 0 bridgehead atoms. The quantitative estimate of drug-likeness (QED) is 0.781. The zero-order valence-electron chi connectivity index (χ0n) is 15.0. The van der Waals surface area contributed by atoms with E-state index in [2.05, 4.69) is 53.4 Å². The van der Waals surface area contributed by atoms with Crippen molar-refractivity contribution in [2.24, 2.45) is 17.6 Å². The lowest BCUT2D eigenvalue weighted by Crippen LogP contribution is -2.64. The molecule has 0 spiro atoms. The average Bonchev–Trinajstić information content (AvgIpc) is 2.26. The highest BCUT2D eigenvalue weighted by Crippen LogP contribution is 2.39. The summed E-state index contributed by atoms with van der Waals surface area (Å²) in [5, 5.41) is 0. The molecule has 0 aromatic rings. The van der Waals surface area contributed by atoms with E-state index < -0.39 is 0 Å². The SMILES string of the molecule is CCCC(C)C(CC)CN1C(C)(C)CC(N)CC1(C)C. The summed E-state index contributed by atoms with van der Waals surface area (Å²) in [5.41, 5.74) is 6.74. The molecule has 0 aromatic carbocycles. The molecule has 0 radical (unpaired) electrons. The lowest BCUT2D eigenvalue weighted by atomic mass is 9.75. The van der Waals surface area contributed by atoms with Crippen LogP contribution >= 0.6 is 0 Å². The van der Waals surface area contributed by atoms with E-state index in [-0.39, 0.29) is 11.1 Å². The first-order chi connectivity index (χ1) is 9.14. The van der Waals surface area contributed by atoms with Gasteiger partial charge in [-0.25, -0.2) is 0 Å². The summed E-state index contributed by atoms with van der Waals surface area (Å²) in [6.07, 6.45) is 6.18. The molecule has 0 aliphatic carbocycles. The molecule has 20 heavy (non-hydrogen) atoms. The van der Waals surface area contributed by atoms with Crippen molar-refractivity contribution in [3.8, 4) is 0 Å². The second-order valence-electron chi connectivity index (χ2n) is 8.34. The minimum absolute atomic E-state index is 0.223. The van der Waals surface area contributed by atoms with Crippen LogP contribution in [0.15, 0.2) is 0 Å². The number of hydrogen-bond acceptors (Lipinski definition) is 2. The number of nitrogens with zero attached hydrogens (tertiary/aromatic N) is 1. The maximum Gasteiger partial charge on any atom is 0.0173 e. The zero-order valence-corrected chi connectivity index (χ0v) is 15.0. The van der Waals surface area contributed by atoms with Crippen LogP contribution in [-0.4, -0.2) is 28.6 Å². The summed E-state index contributed by atoms with van der Waals surface area (Å²) in [4.78, 5) is 2.75. The Morgan fingerprint density at radius 1 is 1.10 bits per heavy atom. The molecule has 1 heterocycles.